The van der Waals surface area contributed by atoms with Crippen LogP contribution in [0.1, 0.15) is 28.9 Å². The van der Waals surface area contributed by atoms with Crippen LogP contribution in [0.3, 0.4) is 0 Å². The Bertz CT molecular complexity index is 660. The quantitative estimate of drug-likeness (QED) is 0.423. The Morgan fingerprint density at radius 1 is 1.09 bits per heavy atom. The highest BCUT2D eigenvalue weighted by atomic mass is 16.5. The van der Waals surface area contributed by atoms with Gasteiger partial charge in [0.2, 0.25) is 0 Å². The van der Waals surface area contributed by atoms with Crippen molar-refractivity contribution in [3.8, 4) is 0 Å². The molecule has 0 aliphatic carbocycles. The van der Waals surface area contributed by atoms with E-state index in [0.29, 0.717) is 17.7 Å². The minimum absolute atomic E-state index is 0.384. The Balaban J connectivity index is 2.20. The topological polar surface area (TPSA) is 35.5 Å². The molecule has 118 valence electrons. The molecule has 0 saturated carbocycles. The number of carbonyl (C=O) groups is 1. The summed E-state index contributed by atoms with van der Waals surface area (Å²) in [4.78, 5) is 12.3. The number of rotatable bonds is 7. The van der Waals surface area contributed by atoms with E-state index in [9.17, 15) is 4.79 Å². The highest BCUT2D eigenvalue weighted by Gasteiger charge is 2.19. The molecule has 2 aromatic carbocycles. The number of hydrogen-bond donors (Lipinski definition) is 0. The molecule has 0 amide bonds. The Kier molecular flexibility index (Phi) is 6.18. The van der Waals surface area contributed by atoms with Gasteiger partial charge in [-0.15, -0.1) is 0 Å². The summed E-state index contributed by atoms with van der Waals surface area (Å²) in [7, 11) is 0. The zero-order chi connectivity index (χ0) is 16.5. The van der Waals surface area contributed by atoms with Gasteiger partial charge < -0.3 is 9.47 Å². The lowest BCUT2D eigenvalue weighted by atomic mass is 10.0. The van der Waals surface area contributed by atoms with Crippen LogP contribution in [0, 0.1) is 0 Å². The number of benzene rings is 2. The van der Waals surface area contributed by atoms with E-state index in [2.05, 4.69) is 6.58 Å². The maximum absolute atomic E-state index is 12.3. The lowest BCUT2D eigenvalue weighted by Crippen LogP contribution is -2.13. The van der Waals surface area contributed by atoms with Crippen molar-refractivity contribution in [1.82, 2.24) is 0 Å². The number of hydrogen-bond acceptors (Lipinski definition) is 3. The molecule has 23 heavy (non-hydrogen) atoms. The van der Waals surface area contributed by atoms with E-state index in [1.54, 1.807) is 36.6 Å². The normalized spacial score (nSPS) is 11.9. The van der Waals surface area contributed by atoms with E-state index in [1.165, 1.54) is 0 Å². The second kappa shape index (κ2) is 8.59. The zero-order valence-corrected chi connectivity index (χ0v) is 13.1. The van der Waals surface area contributed by atoms with E-state index in [1.807, 2.05) is 43.3 Å². The highest BCUT2D eigenvalue weighted by molar-refractivity contribution is 5.89. The maximum atomic E-state index is 12.3. The van der Waals surface area contributed by atoms with Crippen LogP contribution in [0.2, 0.25) is 0 Å². The van der Waals surface area contributed by atoms with Crippen LogP contribution in [0.5, 0.6) is 0 Å². The molecule has 2 aromatic rings. The van der Waals surface area contributed by atoms with Gasteiger partial charge in [-0.3, -0.25) is 0 Å². The van der Waals surface area contributed by atoms with Crippen molar-refractivity contribution in [3.63, 3.8) is 0 Å². The summed E-state index contributed by atoms with van der Waals surface area (Å²) < 4.78 is 10.9. The van der Waals surface area contributed by atoms with Gasteiger partial charge >= 0.3 is 5.97 Å². The number of ether oxygens (including phenoxy) is 2. The Labute approximate surface area is 136 Å². The highest BCUT2D eigenvalue weighted by Crippen LogP contribution is 2.26. The molecule has 0 aliphatic heterocycles. The van der Waals surface area contributed by atoms with Crippen LogP contribution in [0.25, 0.3) is 0 Å². The van der Waals surface area contributed by atoms with Gasteiger partial charge in [0.1, 0.15) is 0 Å². The summed E-state index contributed by atoms with van der Waals surface area (Å²) in [6, 6.07) is 18.4. The smallest absolute Gasteiger partial charge is 0.339 e. The third-order valence-electron chi connectivity index (χ3n) is 3.22. The van der Waals surface area contributed by atoms with Crippen molar-refractivity contribution >= 4 is 5.97 Å². The van der Waals surface area contributed by atoms with E-state index < -0.39 is 6.10 Å². The van der Waals surface area contributed by atoms with Gasteiger partial charge in [-0.2, -0.15) is 0 Å². The van der Waals surface area contributed by atoms with Gasteiger partial charge in [-0.05, 0) is 36.3 Å². The van der Waals surface area contributed by atoms with Crippen LogP contribution in [0.4, 0.5) is 0 Å². The molecule has 3 heteroatoms. The largest absolute Gasteiger partial charge is 0.501 e. The molecule has 3 nitrogen and oxygen atoms in total. The standard InChI is InChI=1S/C20H20O3/c1-3-22-15-14-16(2)19(17-10-6-4-7-11-17)23-20(21)18-12-8-5-9-13-18/h4-15,19H,2-3H2,1H3/b15-14+/t19-/m0/s1. The molecule has 2 rings (SSSR count). The molecule has 0 aliphatic rings. The van der Waals surface area contributed by atoms with Crippen molar-refractivity contribution in [3.05, 3.63) is 96.3 Å². The molecule has 0 radical (unpaired) electrons. The van der Waals surface area contributed by atoms with Crippen molar-refractivity contribution in [2.24, 2.45) is 0 Å². The van der Waals surface area contributed by atoms with Crippen LogP contribution in [-0.2, 0) is 9.47 Å². The van der Waals surface area contributed by atoms with Crippen molar-refractivity contribution in [2.75, 3.05) is 6.61 Å². The first-order valence-corrected chi connectivity index (χ1v) is 7.50. The zero-order valence-electron chi connectivity index (χ0n) is 13.1. The number of esters is 1. The second-order valence-electron chi connectivity index (χ2n) is 4.90. The molecule has 0 heterocycles. The van der Waals surface area contributed by atoms with Crippen LogP contribution in [-0.4, -0.2) is 12.6 Å². The average molecular weight is 308 g/mol. The van der Waals surface area contributed by atoms with E-state index >= 15 is 0 Å². The SMILES string of the molecule is C=C(/C=C/OCC)[C@H](OC(=O)c1ccccc1)c1ccccc1. The van der Waals surface area contributed by atoms with Crippen LogP contribution in [0.15, 0.2) is 85.2 Å². The van der Waals surface area contributed by atoms with Crippen molar-refractivity contribution < 1.29 is 14.3 Å². The Morgan fingerprint density at radius 2 is 1.70 bits per heavy atom. The molecule has 0 saturated heterocycles. The third kappa shape index (κ3) is 4.85. The fraction of sp³-hybridized carbons (Fsp3) is 0.150. The Hall–Kier alpha value is -2.81. The molecule has 0 spiro atoms. The van der Waals surface area contributed by atoms with Crippen LogP contribution >= 0.6 is 0 Å². The van der Waals surface area contributed by atoms with Gasteiger partial charge in [-0.1, -0.05) is 55.1 Å². The predicted molar refractivity (Wildman–Crippen MR) is 90.9 cm³/mol. The average Bonchev–Trinajstić information content (AvgIpc) is 2.61. The molecular formula is C20H20O3. The first-order chi connectivity index (χ1) is 11.2. The van der Waals surface area contributed by atoms with E-state index in [4.69, 9.17) is 9.47 Å². The lowest BCUT2D eigenvalue weighted by Gasteiger charge is -2.19. The van der Waals surface area contributed by atoms with Gasteiger partial charge in [0.25, 0.3) is 0 Å². The first kappa shape index (κ1) is 16.6. The minimum Gasteiger partial charge on any atom is -0.501 e. The second-order valence-corrected chi connectivity index (χ2v) is 4.90. The molecule has 0 N–H and O–H groups in total. The summed E-state index contributed by atoms with van der Waals surface area (Å²) in [5, 5.41) is 0. The third-order valence-corrected chi connectivity index (χ3v) is 3.22. The lowest BCUT2D eigenvalue weighted by molar-refractivity contribution is 0.0377. The van der Waals surface area contributed by atoms with Gasteiger partial charge in [-0.25, -0.2) is 4.79 Å². The minimum atomic E-state index is -0.555. The van der Waals surface area contributed by atoms with Crippen molar-refractivity contribution in [2.45, 2.75) is 13.0 Å². The Morgan fingerprint density at radius 3 is 2.30 bits per heavy atom. The molecule has 0 bridgehead atoms. The summed E-state index contributed by atoms with van der Waals surface area (Å²) in [5.74, 6) is -0.384. The first-order valence-electron chi connectivity index (χ1n) is 7.50. The fourth-order valence-corrected chi connectivity index (χ4v) is 2.05. The summed E-state index contributed by atoms with van der Waals surface area (Å²) >= 11 is 0. The maximum Gasteiger partial charge on any atom is 0.339 e. The monoisotopic (exact) mass is 308 g/mol. The summed E-state index contributed by atoms with van der Waals surface area (Å²) in [5.41, 5.74) is 2.02. The molecule has 0 fully saturated rings. The summed E-state index contributed by atoms with van der Waals surface area (Å²) in [6.07, 6.45) is 2.73. The molecule has 0 unspecified atom stereocenters. The van der Waals surface area contributed by atoms with Gasteiger partial charge in [0, 0.05) is 0 Å². The number of carbonyl (C=O) groups excluding carboxylic acids is 1. The fourth-order valence-electron chi connectivity index (χ4n) is 2.05. The predicted octanol–water partition coefficient (Wildman–Crippen LogP) is 4.69. The molecule has 1 atom stereocenters. The van der Waals surface area contributed by atoms with Gasteiger partial charge in [0.15, 0.2) is 6.10 Å². The molecule has 0 aromatic heterocycles. The van der Waals surface area contributed by atoms with Crippen LogP contribution < -0.4 is 0 Å². The summed E-state index contributed by atoms with van der Waals surface area (Å²) in [6.45, 7) is 6.48. The van der Waals surface area contributed by atoms with E-state index in [-0.39, 0.29) is 5.97 Å². The molecular weight excluding hydrogens is 288 g/mol. The van der Waals surface area contributed by atoms with Gasteiger partial charge in [0.05, 0.1) is 18.4 Å². The van der Waals surface area contributed by atoms with E-state index in [0.717, 1.165) is 5.56 Å². The van der Waals surface area contributed by atoms with Crippen molar-refractivity contribution in [1.29, 1.82) is 0 Å².